The molecule has 1 atom stereocenters. The zero-order valence-corrected chi connectivity index (χ0v) is 12.7. The minimum atomic E-state index is -1.03. The standard InChI is InChI=1S/C17H17NO3S/c19-12-18-15(17(20)21)11-22-16(13-7-3-1-4-8-13)14-9-5-2-6-10-14/h1-10,12,15-16H,11H2,(H,18,19)(H,20,21)/t15-/m1/s1. The Morgan fingerprint density at radius 1 is 1.05 bits per heavy atom. The van der Waals surface area contributed by atoms with Gasteiger partial charge in [-0.15, -0.1) is 11.8 Å². The van der Waals surface area contributed by atoms with E-state index >= 15 is 0 Å². The summed E-state index contributed by atoms with van der Waals surface area (Å²) in [4.78, 5) is 21.7. The monoisotopic (exact) mass is 315 g/mol. The summed E-state index contributed by atoms with van der Waals surface area (Å²) in [6.07, 6.45) is 0.430. The molecule has 2 aromatic rings. The van der Waals surface area contributed by atoms with Crippen molar-refractivity contribution in [3.8, 4) is 0 Å². The first kappa shape index (κ1) is 16.1. The van der Waals surface area contributed by atoms with Crippen molar-refractivity contribution in [2.75, 3.05) is 5.75 Å². The molecule has 0 bridgehead atoms. The third kappa shape index (κ3) is 4.36. The lowest BCUT2D eigenvalue weighted by atomic mass is 10.0. The summed E-state index contributed by atoms with van der Waals surface area (Å²) >= 11 is 1.50. The van der Waals surface area contributed by atoms with Gasteiger partial charge in [0.2, 0.25) is 6.41 Å². The third-order valence-electron chi connectivity index (χ3n) is 3.20. The van der Waals surface area contributed by atoms with E-state index in [9.17, 15) is 9.59 Å². The molecule has 0 unspecified atom stereocenters. The van der Waals surface area contributed by atoms with Crippen LogP contribution in [0.2, 0.25) is 0 Å². The molecule has 0 spiro atoms. The molecule has 0 aromatic heterocycles. The molecule has 0 saturated carbocycles. The van der Waals surface area contributed by atoms with Crippen LogP contribution in [0.1, 0.15) is 16.4 Å². The molecule has 2 rings (SSSR count). The molecule has 22 heavy (non-hydrogen) atoms. The maximum atomic E-state index is 11.1. The summed E-state index contributed by atoms with van der Waals surface area (Å²) in [5, 5.41) is 11.5. The summed E-state index contributed by atoms with van der Waals surface area (Å²) in [6.45, 7) is 0. The van der Waals surface area contributed by atoms with Gasteiger partial charge < -0.3 is 10.4 Å². The average molecular weight is 315 g/mol. The Kier molecular flexibility index (Phi) is 6.03. The lowest BCUT2D eigenvalue weighted by Crippen LogP contribution is -2.38. The zero-order chi connectivity index (χ0) is 15.8. The molecular weight excluding hydrogens is 298 g/mol. The van der Waals surface area contributed by atoms with E-state index in [0.29, 0.717) is 12.2 Å². The molecule has 0 aliphatic heterocycles. The van der Waals surface area contributed by atoms with Gasteiger partial charge in [-0.3, -0.25) is 4.79 Å². The van der Waals surface area contributed by atoms with E-state index in [-0.39, 0.29) is 5.25 Å². The second-order valence-electron chi connectivity index (χ2n) is 4.71. The van der Waals surface area contributed by atoms with Gasteiger partial charge in [-0.25, -0.2) is 4.79 Å². The van der Waals surface area contributed by atoms with Gasteiger partial charge in [-0.1, -0.05) is 60.7 Å². The van der Waals surface area contributed by atoms with E-state index in [0.717, 1.165) is 11.1 Å². The van der Waals surface area contributed by atoms with Gasteiger partial charge in [0.05, 0.1) is 5.25 Å². The van der Waals surface area contributed by atoms with E-state index in [1.165, 1.54) is 11.8 Å². The minimum absolute atomic E-state index is 0.0257. The molecule has 2 aromatic carbocycles. The summed E-state index contributed by atoms with van der Waals surface area (Å²) < 4.78 is 0. The zero-order valence-electron chi connectivity index (χ0n) is 11.9. The van der Waals surface area contributed by atoms with E-state index in [1.807, 2.05) is 60.7 Å². The van der Waals surface area contributed by atoms with Gasteiger partial charge in [0, 0.05) is 5.75 Å². The number of hydrogen-bond acceptors (Lipinski definition) is 3. The molecule has 2 N–H and O–H groups in total. The Morgan fingerprint density at radius 2 is 1.55 bits per heavy atom. The van der Waals surface area contributed by atoms with Gasteiger partial charge in [0.15, 0.2) is 0 Å². The number of hydrogen-bond donors (Lipinski definition) is 2. The Hall–Kier alpha value is -2.27. The van der Waals surface area contributed by atoms with Crippen LogP contribution >= 0.6 is 11.8 Å². The predicted octanol–water partition coefficient (Wildman–Crippen LogP) is 2.71. The first-order valence-corrected chi connectivity index (χ1v) is 7.91. The number of benzene rings is 2. The molecule has 0 aliphatic carbocycles. The molecule has 5 heteroatoms. The topological polar surface area (TPSA) is 66.4 Å². The van der Waals surface area contributed by atoms with E-state index in [4.69, 9.17) is 5.11 Å². The van der Waals surface area contributed by atoms with Crippen molar-refractivity contribution in [1.29, 1.82) is 0 Å². The second-order valence-corrected chi connectivity index (χ2v) is 5.85. The van der Waals surface area contributed by atoms with Gasteiger partial charge in [0.25, 0.3) is 0 Å². The fourth-order valence-corrected chi connectivity index (χ4v) is 3.43. The van der Waals surface area contributed by atoms with Crippen LogP contribution in [-0.4, -0.2) is 29.3 Å². The van der Waals surface area contributed by atoms with Gasteiger partial charge in [-0.2, -0.15) is 0 Å². The van der Waals surface area contributed by atoms with Crippen LogP contribution in [0.3, 0.4) is 0 Å². The highest BCUT2D eigenvalue weighted by atomic mass is 32.2. The molecule has 0 heterocycles. The highest BCUT2D eigenvalue weighted by Gasteiger charge is 2.21. The molecular formula is C17H17NO3S. The number of carbonyl (C=O) groups excluding carboxylic acids is 1. The SMILES string of the molecule is O=CN[C@H](CSC(c1ccccc1)c1ccccc1)C(=O)O. The smallest absolute Gasteiger partial charge is 0.327 e. The summed E-state index contributed by atoms with van der Waals surface area (Å²) in [6, 6.07) is 18.9. The van der Waals surface area contributed by atoms with Crippen molar-refractivity contribution in [3.63, 3.8) is 0 Å². The number of nitrogens with one attached hydrogen (secondary N) is 1. The normalized spacial score (nSPS) is 11.9. The van der Waals surface area contributed by atoms with Crippen LogP contribution in [0.4, 0.5) is 0 Å². The highest BCUT2D eigenvalue weighted by molar-refractivity contribution is 7.99. The fraction of sp³-hybridized carbons (Fsp3) is 0.176. The van der Waals surface area contributed by atoms with Crippen LogP contribution in [-0.2, 0) is 9.59 Å². The Morgan fingerprint density at radius 3 is 1.95 bits per heavy atom. The Labute approximate surface area is 133 Å². The first-order valence-electron chi connectivity index (χ1n) is 6.86. The number of carboxylic acids is 1. The van der Waals surface area contributed by atoms with E-state index < -0.39 is 12.0 Å². The maximum absolute atomic E-state index is 11.1. The van der Waals surface area contributed by atoms with E-state index in [1.54, 1.807) is 0 Å². The number of carbonyl (C=O) groups is 2. The number of rotatable bonds is 8. The minimum Gasteiger partial charge on any atom is -0.480 e. The number of thioether (sulfide) groups is 1. The number of aliphatic carboxylic acids is 1. The first-order chi connectivity index (χ1) is 10.7. The Bertz CT molecular complexity index is 564. The van der Waals surface area contributed by atoms with Crippen molar-refractivity contribution in [3.05, 3.63) is 71.8 Å². The summed E-state index contributed by atoms with van der Waals surface area (Å²) in [7, 11) is 0. The van der Waals surface area contributed by atoms with Crippen LogP contribution in [0.5, 0.6) is 0 Å². The summed E-state index contributed by atoms with van der Waals surface area (Å²) in [5.41, 5.74) is 2.21. The maximum Gasteiger partial charge on any atom is 0.327 e. The van der Waals surface area contributed by atoms with Crippen molar-refractivity contribution < 1.29 is 14.7 Å². The molecule has 0 saturated heterocycles. The molecule has 0 fully saturated rings. The Balaban J connectivity index is 2.19. The molecule has 4 nitrogen and oxygen atoms in total. The third-order valence-corrected chi connectivity index (χ3v) is 4.60. The molecule has 114 valence electrons. The van der Waals surface area contributed by atoms with Crippen molar-refractivity contribution in [2.45, 2.75) is 11.3 Å². The fourth-order valence-electron chi connectivity index (χ4n) is 2.11. The molecule has 1 amide bonds. The lowest BCUT2D eigenvalue weighted by Gasteiger charge is -2.20. The van der Waals surface area contributed by atoms with Crippen LogP contribution in [0, 0.1) is 0 Å². The predicted molar refractivity (Wildman–Crippen MR) is 87.8 cm³/mol. The van der Waals surface area contributed by atoms with Gasteiger partial charge >= 0.3 is 5.97 Å². The largest absolute Gasteiger partial charge is 0.480 e. The van der Waals surface area contributed by atoms with Crippen LogP contribution in [0.25, 0.3) is 0 Å². The van der Waals surface area contributed by atoms with Crippen molar-refractivity contribution in [2.24, 2.45) is 0 Å². The second kappa shape index (κ2) is 8.24. The van der Waals surface area contributed by atoms with Crippen molar-refractivity contribution >= 4 is 24.1 Å². The molecule has 0 radical (unpaired) electrons. The quantitative estimate of drug-likeness (QED) is 0.735. The summed E-state index contributed by atoms with van der Waals surface area (Å²) in [5.74, 6) is -0.734. The van der Waals surface area contributed by atoms with Crippen LogP contribution < -0.4 is 5.32 Å². The van der Waals surface area contributed by atoms with Crippen LogP contribution in [0.15, 0.2) is 60.7 Å². The lowest BCUT2D eigenvalue weighted by molar-refractivity contribution is -0.139. The number of amides is 1. The average Bonchev–Trinajstić information content (AvgIpc) is 2.56. The molecule has 0 aliphatic rings. The van der Waals surface area contributed by atoms with Crippen molar-refractivity contribution in [1.82, 2.24) is 5.32 Å². The number of carboxylic acid groups (broad SMARTS) is 1. The van der Waals surface area contributed by atoms with E-state index in [2.05, 4.69) is 5.32 Å². The van der Waals surface area contributed by atoms with Gasteiger partial charge in [-0.05, 0) is 11.1 Å². The highest BCUT2D eigenvalue weighted by Crippen LogP contribution is 2.35. The van der Waals surface area contributed by atoms with Gasteiger partial charge in [0.1, 0.15) is 6.04 Å².